The van der Waals surface area contributed by atoms with Crippen LogP contribution >= 0.6 is 11.6 Å². The number of anilines is 1. The maximum atomic E-state index is 13.4. The summed E-state index contributed by atoms with van der Waals surface area (Å²) in [6.45, 7) is 5.14. The SMILES string of the molecule is CCOc1c(Cl)ccc2c(=O)c3c(n(CC(=O)O)c12)NC(C)(N(C)CCn1ccnc1)C=C3. The second-order valence-corrected chi connectivity index (χ2v) is 8.51. The van der Waals surface area contributed by atoms with Gasteiger partial charge in [0, 0.05) is 25.5 Å². The van der Waals surface area contributed by atoms with Gasteiger partial charge in [-0.2, -0.15) is 0 Å². The van der Waals surface area contributed by atoms with E-state index < -0.39 is 11.6 Å². The average Bonchev–Trinajstić information content (AvgIpc) is 3.30. The molecule has 2 N–H and O–H groups in total. The molecule has 0 spiro atoms. The fraction of sp³-hybridized carbons (Fsp3) is 0.348. The number of fused-ring (bicyclic) bond motifs is 2. The van der Waals surface area contributed by atoms with Crippen LogP contribution in [-0.2, 0) is 17.9 Å². The number of carboxylic acid groups (broad SMARTS) is 1. The second kappa shape index (κ2) is 8.92. The van der Waals surface area contributed by atoms with E-state index in [1.54, 1.807) is 42.2 Å². The molecule has 0 bridgehead atoms. The molecule has 4 rings (SSSR count). The first-order valence-electron chi connectivity index (χ1n) is 10.6. The summed E-state index contributed by atoms with van der Waals surface area (Å²) in [6, 6.07) is 3.21. The van der Waals surface area contributed by atoms with E-state index in [0.29, 0.717) is 46.2 Å². The number of halogens is 1. The Kier molecular flexibility index (Phi) is 6.18. The first-order valence-corrected chi connectivity index (χ1v) is 11.0. The molecule has 3 heterocycles. The number of pyridine rings is 1. The van der Waals surface area contributed by atoms with Crippen LogP contribution in [0.1, 0.15) is 19.4 Å². The molecule has 0 radical (unpaired) electrons. The lowest BCUT2D eigenvalue weighted by molar-refractivity contribution is -0.137. The lowest BCUT2D eigenvalue weighted by Crippen LogP contribution is -2.52. The Balaban J connectivity index is 1.84. The largest absolute Gasteiger partial charge is 0.490 e. The molecular formula is C23H26ClN5O4. The molecule has 1 atom stereocenters. The van der Waals surface area contributed by atoms with Gasteiger partial charge >= 0.3 is 5.97 Å². The van der Waals surface area contributed by atoms with Gasteiger partial charge in [0.1, 0.15) is 18.0 Å². The quantitative estimate of drug-likeness (QED) is 0.520. The van der Waals surface area contributed by atoms with Crippen LogP contribution in [0.2, 0.25) is 5.02 Å². The van der Waals surface area contributed by atoms with Gasteiger partial charge in [0.05, 0.1) is 34.4 Å². The monoisotopic (exact) mass is 471 g/mol. The smallest absolute Gasteiger partial charge is 0.323 e. The number of aliphatic carboxylic acids is 1. The molecule has 0 saturated heterocycles. The Labute approximate surface area is 195 Å². The van der Waals surface area contributed by atoms with Gasteiger partial charge in [-0.1, -0.05) is 11.6 Å². The fourth-order valence-electron chi connectivity index (χ4n) is 4.04. The lowest BCUT2D eigenvalue weighted by atomic mass is 10.0. The number of rotatable bonds is 8. The molecule has 2 aromatic heterocycles. The van der Waals surface area contributed by atoms with Gasteiger partial charge < -0.3 is 24.3 Å². The number of carboxylic acids is 1. The molecular weight excluding hydrogens is 446 g/mol. The highest BCUT2D eigenvalue weighted by Crippen LogP contribution is 2.37. The minimum Gasteiger partial charge on any atom is -0.490 e. The summed E-state index contributed by atoms with van der Waals surface area (Å²) in [5, 5.41) is 13.8. The maximum Gasteiger partial charge on any atom is 0.323 e. The Bertz CT molecular complexity index is 1280. The van der Waals surface area contributed by atoms with Crippen molar-refractivity contribution in [2.75, 3.05) is 25.5 Å². The lowest BCUT2D eigenvalue weighted by Gasteiger charge is -2.41. The Morgan fingerprint density at radius 3 is 2.85 bits per heavy atom. The molecule has 0 saturated carbocycles. The van der Waals surface area contributed by atoms with Gasteiger partial charge in [0.15, 0.2) is 11.2 Å². The molecule has 174 valence electrons. The van der Waals surface area contributed by atoms with E-state index in [9.17, 15) is 14.7 Å². The highest BCUT2D eigenvalue weighted by atomic mass is 35.5. The molecule has 0 fully saturated rings. The topological polar surface area (TPSA) is 102 Å². The van der Waals surface area contributed by atoms with Crippen LogP contribution in [-0.4, -0.2) is 56.0 Å². The number of likely N-dealkylation sites (N-methyl/N-ethyl adjacent to an activating group) is 1. The molecule has 1 aliphatic rings. The van der Waals surface area contributed by atoms with Crippen LogP contribution in [0.15, 0.2) is 41.7 Å². The fourth-order valence-corrected chi connectivity index (χ4v) is 4.25. The minimum absolute atomic E-state index is 0.217. The van der Waals surface area contributed by atoms with Crippen LogP contribution < -0.4 is 15.5 Å². The number of benzene rings is 1. The number of carbonyl (C=O) groups is 1. The molecule has 9 nitrogen and oxygen atoms in total. The van der Waals surface area contributed by atoms with E-state index in [-0.39, 0.29) is 12.0 Å². The molecule has 0 amide bonds. The second-order valence-electron chi connectivity index (χ2n) is 8.10. The van der Waals surface area contributed by atoms with Gasteiger partial charge in [0.2, 0.25) is 0 Å². The van der Waals surface area contributed by atoms with Crippen molar-refractivity contribution in [3.63, 3.8) is 0 Å². The van der Waals surface area contributed by atoms with Gasteiger partial charge in [-0.05, 0) is 45.2 Å². The minimum atomic E-state index is -1.05. The summed E-state index contributed by atoms with van der Waals surface area (Å²) in [5.41, 5.74) is -0.125. The first-order chi connectivity index (χ1) is 15.7. The van der Waals surface area contributed by atoms with Crippen molar-refractivity contribution >= 4 is 40.4 Å². The van der Waals surface area contributed by atoms with E-state index in [1.807, 2.05) is 30.8 Å². The van der Waals surface area contributed by atoms with Crippen molar-refractivity contribution in [1.82, 2.24) is 19.0 Å². The summed E-state index contributed by atoms with van der Waals surface area (Å²) in [7, 11) is 1.96. The molecule has 1 aromatic carbocycles. The van der Waals surface area contributed by atoms with Crippen molar-refractivity contribution in [2.24, 2.45) is 0 Å². The van der Waals surface area contributed by atoms with Gasteiger partial charge in [-0.25, -0.2) is 4.98 Å². The third-order valence-electron chi connectivity index (χ3n) is 5.94. The summed E-state index contributed by atoms with van der Waals surface area (Å²) < 4.78 is 9.29. The van der Waals surface area contributed by atoms with Crippen molar-refractivity contribution in [3.8, 4) is 5.75 Å². The predicted molar refractivity (Wildman–Crippen MR) is 128 cm³/mol. The highest BCUT2D eigenvalue weighted by molar-refractivity contribution is 6.33. The van der Waals surface area contributed by atoms with Crippen LogP contribution in [0, 0.1) is 0 Å². The summed E-state index contributed by atoms with van der Waals surface area (Å²) in [5.74, 6) is -0.335. The highest BCUT2D eigenvalue weighted by Gasteiger charge is 2.33. The Hall–Kier alpha value is -3.30. The molecule has 1 unspecified atom stereocenters. The van der Waals surface area contributed by atoms with Crippen molar-refractivity contribution in [1.29, 1.82) is 0 Å². The van der Waals surface area contributed by atoms with E-state index in [0.717, 1.165) is 6.54 Å². The van der Waals surface area contributed by atoms with Gasteiger partial charge in [-0.15, -0.1) is 0 Å². The molecule has 3 aromatic rings. The molecule has 1 aliphatic heterocycles. The number of ether oxygens (including phenoxy) is 1. The third-order valence-corrected chi connectivity index (χ3v) is 6.24. The molecule has 33 heavy (non-hydrogen) atoms. The maximum absolute atomic E-state index is 13.4. The normalized spacial score (nSPS) is 17.2. The summed E-state index contributed by atoms with van der Waals surface area (Å²) in [6.07, 6.45) is 9.06. The van der Waals surface area contributed by atoms with Crippen molar-refractivity contribution in [2.45, 2.75) is 32.6 Å². The first kappa shape index (κ1) is 22.9. The standard InChI is InChI=1S/C23H26ClN5O4/c1-4-33-21-17(24)6-5-15-19(21)29(13-18(30)31)22-16(20(15)32)7-8-23(2,26-22)27(3)11-12-28-10-9-25-14-28/h5-10,14,26H,4,11-13H2,1-3H3,(H,30,31). The predicted octanol–water partition coefficient (Wildman–Crippen LogP) is 3.12. The number of aromatic nitrogens is 3. The number of nitrogens with one attached hydrogen (secondary N) is 1. The number of nitrogens with zero attached hydrogens (tertiary/aromatic N) is 4. The zero-order chi connectivity index (χ0) is 23.8. The number of imidazole rings is 1. The van der Waals surface area contributed by atoms with Gasteiger partial charge in [0.25, 0.3) is 0 Å². The summed E-state index contributed by atoms with van der Waals surface area (Å²) >= 11 is 6.38. The zero-order valence-corrected chi connectivity index (χ0v) is 19.5. The Morgan fingerprint density at radius 1 is 1.39 bits per heavy atom. The third kappa shape index (κ3) is 4.21. The van der Waals surface area contributed by atoms with E-state index >= 15 is 0 Å². The zero-order valence-electron chi connectivity index (χ0n) is 18.7. The number of hydrogen-bond acceptors (Lipinski definition) is 6. The van der Waals surface area contributed by atoms with Crippen LogP contribution in [0.3, 0.4) is 0 Å². The van der Waals surface area contributed by atoms with Gasteiger partial charge in [-0.3, -0.25) is 14.5 Å². The number of hydrogen-bond donors (Lipinski definition) is 2. The van der Waals surface area contributed by atoms with Crippen LogP contribution in [0.25, 0.3) is 17.0 Å². The van der Waals surface area contributed by atoms with Crippen molar-refractivity contribution < 1.29 is 14.6 Å². The average molecular weight is 472 g/mol. The van der Waals surface area contributed by atoms with E-state index in [1.165, 1.54) is 0 Å². The molecule has 0 aliphatic carbocycles. The molecule has 10 heteroatoms. The van der Waals surface area contributed by atoms with Crippen LogP contribution in [0.5, 0.6) is 5.75 Å². The van der Waals surface area contributed by atoms with Crippen LogP contribution in [0.4, 0.5) is 5.82 Å². The Morgan fingerprint density at radius 2 is 2.18 bits per heavy atom. The summed E-state index contributed by atoms with van der Waals surface area (Å²) in [4.78, 5) is 31.4. The van der Waals surface area contributed by atoms with Crippen molar-refractivity contribution in [3.05, 3.63) is 57.7 Å². The van der Waals surface area contributed by atoms with E-state index in [2.05, 4.69) is 15.2 Å². The van der Waals surface area contributed by atoms with E-state index in [4.69, 9.17) is 16.3 Å².